The van der Waals surface area contributed by atoms with Crippen molar-refractivity contribution in [2.24, 2.45) is 0 Å². The molecule has 7 nitrogen and oxygen atoms in total. The Morgan fingerprint density at radius 3 is 2.41 bits per heavy atom. The van der Waals surface area contributed by atoms with E-state index in [1.165, 1.54) is 13.0 Å². The average molecular weight is 419 g/mol. The van der Waals surface area contributed by atoms with Gasteiger partial charge in [0, 0.05) is 5.69 Å². The van der Waals surface area contributed by atoms with Gasteiger partial charge >= 0.3 is 5.97 Å². The van der Waals surface area contributed by atoms with Crippen LogP contribution >= 0.6 is 0 Å². The molecular weight excluding hydrogens is 392 g/mol. The van der Waals surface area contributed by atoms with E-state index in [4.69, 9.17) is 4.74 Å². The maximum atomic E-state index is 12.9. The predicted octanol–water partition coefficient (Wildman–Crippen LogP) is 3.27. The van der Waals surface area contributed by atoms with Crippen LogP contribution in [0.2, 0.25) is 0 Å². The van der Waals surface area contributed by atoms with Crippen LogP contribution < -0.4 is 9.62 Å². The van der Waals surface area contributed by atoms with Crippen molar-refractivity contribution >= 4 is 33.3 Å². The van der Waals surface area contributed by atoms with Gasteiger partial charge in [-0.15, -0.1) is 0 Å². The van der Waals surface area contributed by atoms with Crippen LogP contribution in [-0.4, -0.2) is 39.2 Å². The number of nitrogens with zero attached hydrogens (tertiary/aromatic N) is 1. The number of hydrogen-bond acceptors (Lipinski definition) is 5. The normalized spacial score (nSPS) is 12.2. The SMILES string of the molecule is CCOC(=O)c1ccc(C)c(NC(=O)[C@H](C)N(c2cccc(C)c2)S(C)(=O)=O)c1. The lowest BCUT2D eigenvalue weighted by Crippen LogP contribution is -2.45. The summed E-state index contributed by atoms with van der Waals surface area (Å²) in [5, 5.41) is 2.73. The van der Waals surface area contributed by atoms with Crippen molar-refractivity contribution in [2.45, 2.75) is 33.7 Å². The molecule has 29 heavy (non-hydrogen) atoms. The fraction of sp³-hybridized carbons (Fsp3) is 0.333. The number of esters is 1. The topological polar surface area (TPSA) is 92.8 Å². The first-order chi connectivity index (χ1) is 13.5. The molecule has 1 atom stereocenters. The third-order valence-electron chi connectivity index (χ3n) is 4.35. The number of carbonyl (C=O) groups excluding carboxylic acids is 2. The van der Waals surface area contributed by atoms with Crippen LogP contribution in [0.25, 0.3) is 0 Å². The molecule has 0 heterocycles. The first-order valence-corrected chi connectivity index (χ1v) is 11.0. The van der Waals surface area contributed by atoms with Gasteiger partial charge in [0.2, 0.25) is 15.9 Å². The van der Waals surface area contributed by atoms with E-state index in [9.17, 15) is 18.0 Å². The number of benzene rings is 2. The molecule has 0 saturated carbocycles. The smallest absolute Gasteiger partial charge is 0.338 e. The van der Waals surface area contributed by atoms with Gasteiger partial charge in [-0.2, -0.15) is 0 Å². The molecule has 8 heteroatoms. The minimum absolute atomic E-state index is 0.241. The van der Waals surface area contributed by atoms with Crippen LogP contribution in [0.4, 0.5) is 11.4 Å². The molecule has 0 spiro atoms. The van der Waals surface area contributed by atoms with Gasteiger partial charge < -0.3 is 10.1 Å². The number of ether oxygens (including phenoxy) is 1. The number of carbonyl (C=O) groups is 2. The van der Waals surface area contributed by atoms with Crippen molar-refractivity contribution in [1.29, 1.82) is 0 Å². The van der Waals surface area contributed by atoms with E-state index in [1.54, 1.807) is 44.2 Å². The van der Waals surface area contributed by atoms with Gasteiger partial charge in [-0.1, -0.05) is 18.2 Å². The van der Waals surface area contributed by atoms with E-state index in [0.29, 0.717) is 16.9 Å². The maximum absolute atomic E-state index is 12.9. The Bertz CT molecular complexity index is 1020. The molecule has 0 unspecified atom stereocenters. The minimum atomic E-state index is -3.71. The molecule has 2 aromatic rings. The molecule has 1 N–H and O–H groups in total. The summed E-state index contributed by atoms with van der Waals surface area (Å²) in [7, 11) is -3.71. The second-order valence-corrected chi connectivity index (χ2v) is 8.67. The Hall–Kier alpha value is -2.87. The minimum Gasteiger partial charge on any atom is -0.462 e. The molecule has 0 radical (unpaired) electrons. The molecule has 0 saturated heterocycles. The third kappa shape index (κ3) is 5.57. The van der Waals surface area contributed by atoms with Crippen LogP contribution in [0, 0.1) is 13.8 Å². The fourth-order valence-electron chi connectivity index (χ4n) is 2.91. The Labute approximate surface area is 171 Å². The van der Waals surface area contributed by atoms with Crippen LogP contribution in [-0.2, 0) is 19.6 Å². The molecule has 2 aromatic carbocycles. The van der Waals surface area contributed by atoms with E-state index >= 15 is 0 Å². The molecule has 0 bridgehead atoms. The largest absolute Gasteiger partial charge is 0.462 e. The van der Waals surface area contributed by atoms with Crippen LogP contribution in [0.15, 0.2) is 42.5 Å². The zero-order chi connectivity index (χ0) is 21.8. The summed E-state index contributed by atoms with van der Waals surface area (Å²) in [5.41, 5.74) is 2.75. The molecule has 0 fully saturated rings. The lowest BCUT2D eigenvalue weighted by molar-refractivity contribution is -0.116. The fourth-order valence-corrected chi connectivity index (χ4v) is 4.08. The second-order valence-electron chi connectivity index (χ2n) is 6.81. The summed E-state index contributed by atoms with van der Waals surface area (Å²) in [6, 6.07) is 10.8. The third-order valence-corrected chi connectivity index (χ3v) is 5.59. The lowest BCUT2D eigenvalue weighted by Gasteiger charge is -2.28. The van der Waals surface area contributed by atoms with Crippen molar-refractivity contribution in [3.05, 3.63) is 59.2 Å². The monoisotopic (exact) mass is 418 g/mol. The standard InChI is InChI=1S/C21H26N2O5S/c1-6-28-21(25)17-11-10-15(3)19(13-17)22-20(24)16(4)23(29(5,26)27)18-9-7-8-14(2)12-18/h7-13,16H,6H2,1-5H3,(H,22,24)/t16-/m0/s1. The second kappa shape index (κ2) is 9.09. The van der Waals surface area contributed by atoms with E-state index in [2.05, 4.69) is 5.32 Å². The van der Waals surface area contributed by atoms with Gasteiger partial charge in [0.25, 0.3) is 0 Å². The highest BCUT2D eigenvalue weighted by molar-refractivity contribution is 7.92. The summed E-state index contributed by atoms with van der Waals surface area (Å²) in [4.78, 5) is 24.8. The number of hydrogen-bond donors (Lipinski definition) is 1. The Morgan fingerprint density at radius 1 is 1.14 bits per heavy atom. The Kier molecular flexibility index (Phi) is 7.02. The van der Waals surface area contributed by atoms with E-state index in [0.717, 1.165) is 21.7 Å². The Morgan fingerprint density at radius 2 is 1.83 bits per heavy atom. The van der Waals surface area contributed by atoms with Crippen molar-refractivity contribution in [2.75, 3.05) is 22.5 Å². The number of aryl methyl sites for hydroxylation is 2. The van der Waals surface area contributed by atoms with Crippen LogP contribution in [0.3, 0.4) is 0 Å². The maximum Gasteiger partial charge on any atom is 0.338 e. The number of rotatable bonds is 7. The number of nitrogens with one attached hydrogen (secondary N) is 1. The molecule has 0 aliphatic carbocycles. The summed E-state index contributed by atoms with van der Waals surface area (Å²) >= 11 is 0. The van der Waals surface area contributed by atoms with Gasteiger partial charge in [-0.3, -0.25) is 9.10 Å². The first kappa shape index (κ1) is 22.4. The van der Waals surface area contributed by atoms with Crippen molar-refractivity contribution in [1.82, 2.24) is 0 Å². The predicted molar refractivity (Wildman–Crippen MR) is 114 cm³/mol. The lowest BCUT2D eigenvalue weighted by atomic mass is 10.1. The molecule has 0 aromatic heterocycles. The zero-order valence-electron chi connectivity index (χ0n) is 17.2. The van der Waals surface area contributed by atoms with Gasteiger partial charge in [0.1, 0.15) is 6.04 Å². The van der Waals surface area contributed by atoms with E-state index in [-0.39, 0.29) is 6.61 Å². The van der Waals surface area contributed by atoms with Crippen molar-refractivity contribution < 1.29 is 22.7 Å². The van der Waals surface area contributed by atoms with Crippen LogP contribution in [0.1, 0.15) is 35.3 Å². The highest BCUT2D eigenvalue weighted by Gasteiger charge is 2.29. The van der Waals surface area contributed by atoms with Crippen molar-refractivity contribution in [3.63, 3.8) is 0 Å². The summed E-state index contributed by atoms with van der Waals surface area (Å²) in [6.45, 7) is 7.10. The number of anilines is 2. The van der Waals surface area contributed by atoms with Gasteiger partial charge in [0.05, 0.1) is 24.1 Å². The van der Waals surface area contributed by atoms with Gasteiger partial charge in [0.15, 0.2) is 0 Å². The molecular formula is C21H26N2O5S. The average Bonchev–Trinajstić information content (AvgIpc) is 2.62. The molecule has 2 rings (SSSR count). The van der Waals surface area contributed by atoms with E-state index < -0.39 is 27.9 Å². The molecule has 0 aliphatic heterocycles. The van der Waals surface area contributed by atoms with E-state index in [1.807, 2.05) is 13.0 Å². The van der Waals surface area contributed by atoms with Gasteiger partial charge in [-0.25, -0.2) is 13.2 Å². The Balaban J connectivity index is 2.33. The quantitative estimate of drug-likeness (QED) is 0.697. The van der Waals surface area contributed by atoms with Crippen molar-refractivity contribution in [3.8, 4) is 0 Å². The molecule has 156 valence electrons. The summed E-state index contributed by atoms with van der Waals surface area (Å²) < 4.78 is 30.9. The zero-order valence-corrected chi connectivity index (χ0v) is 18.0. The highest BCUT2D eigenvalue weighted by Crippen LogP contribution is 2.24. The number of amides is 1. The highest BCUT2D eigenvalue weighted by atomic mass is 32.2. The first-order valence-electron chi connectivity index (χ1n) is 9.19. The summed E-state index contributed by atoms with van der Waals surface area (Å²) in [5.74, 6) is -1.00. The molecule has 0 aliphatic rings. The van der Waals surface area contributed by atoms with Crippen LogP contribution in [0.5, 0.6) is 0 Å². The van der Waals surface area contributed by atoms with Gasteiger partial charge in [-0.05, 0) is 63.1 Å². The number of sulfonamides is 1. The molecule has 1 amide bonds. The summed E-state index contributed by atoms with van der Waals surface area (Å²) in [6.07, 6.45) is 1.06.